The predicted molar refractivity (Wildman–Crippen MR) is 62.2 cm³/mol. The second kappa shape index (κ2) is 5.43. The van der Waals surface area contributed by atoms with Crippen molar-refractivity contribution in [1.29, 1.82) is 0 Å². The molecule has 1 heterocycles. The molecule has 88 valence electrons. The van der Waals surface area contributed by atoms with E-state index in [2.05, 4.69) is 0 Å². The largest absolute Gasteiger partial charge is 0.387 e. The smallest absolute Gasteiger partial charge is 0.128 e. The van der Waals surface area contributed by atoms with E-state index in [1.807, 2.05) is 30.3 Å². The molecule has 0 bridgehead atoms. The molecule has 0 aliphatic carbocycles. The van der Waals surface area contributed by atoms with Crippen molar-refractivity contribution in [3.05, 3.63) is 35.9 Å². The van der Waals surface area contributed by atoms with Crippen molar-refractivity contribution in [3.8, 4) is 0 Å². The van der Waals surface area contributed by atoms with Crippen molar-refractivity contribution in [2.75, 3.05) is 19.6 Å². The molecule has 1 unspecified atom stereocenters. The zero-order valence-corrected chi connectivity index (χ0v) is 9.47. The van der Waals surface area contributed by atoms with Crippen LogP contribution in [0.1, 0.15) is 24.5 Å². The first kappa shape index (κ1) is 11.6. The van der Waals surface area contributed by atoms with E-state index in [1.165, 1.54) is 4.90 Å². The standard InChI is InChI=1S/C13H19NO2/c15-12-7-4-8-14(9-12)10-13(16)11-5-2-1-3-6-11/h1-3,5-6,12-13,15-16H,4,7-10H2/p+1/t12-,13+/m0/s1. The molecule has 3 heteroatoms. The van der Waals surface area contributed by atoms with E-state index in [0.717, 1.165) is 31.5 Å². The summed E-state index contributed by atoms with van der Waals surface area (Å²) in [6.45, 7) is 2.52. The number of benzene rings is 1. The SMILES string of the molecule is O[C@H]1CCC[NH+](C[C@@H](O)c2ccccc2)C1. The molecule has 0 amide bonds. The van der Waals surface area contributed by atoms with Gasteiger partial charge in [-0.05, 0) is 18.4 Å². The van der Waals surface area contributed by atoms with Gasteiger partial charge in [-0.3, -0.25) is 0 Å². The van der Waals surface area contributed by atoms with Gasteiger partial charge >= 0.3 is 0 Å². The lowest BCUT2D eigenvalue weighted by molar-refractivity contribution is -0.912. The third kappa shape index (κ3) is 3.04. The van der Waals surface area contributed by atoms with E-state index in [9.17, 15) is 10.2 Å². The Hall–Kier alpha value is -0.900. The van der Waals surface area contributed by atoms with E-state index in [4.69, 9.17) is 0 Å². The first-order valence-corrected chi connectivity index (χ1v) is 6.00. The predicted octanol–water partition coefficient (Wildman–Crippen LogP) is -0.240. The van der Waals surface area contributed by atoms with Crippen LogP contribution < -0.4 is 4.90 Å². The Kier molecular flexibility index (Phi) is 3.93. The van der Waals surface area contributed by atoms with Gasteiger partial charge in [0.1, 0.15) is 25.3 Å². The summed E-state index contributed by atoms with van der Waals surface area (Å²) in [5, 5.41) is 19.6. The van der Waals surface area contributed by atoms with Crippen molar-refractivity contribution in [3.63, 3.8) is 0 Å². The molecule has 1 aliphatic rings. The normalized spacial score (nSPS) is 27.6. The lowest BCUT2D eigenvalue weighted by Gasteiger charge is -2.28. The van der Waals surface area contributed by atoms with Crippen molar-refractivity contribution < 1.29 is 15.1 Å². The van der Waals surface area contributed by atoms with Gasteiger partial charge in [0, 0.05) is 0 Å². The lowest BCUT2D eigenvalue weighted by Crippen LogP contribution is -3.14. The topological polar surface area (TPSA) is 44.9 Å². The molecule has 1 fully saturated rings. The maximum atomic E-state index is 10.1. The zero-order valence-electron chi connectivity index (χ0n) is 9.47. The Morgan fingerprint density at radius 3 is 2.75 bits per heavy atom. The number of likely N-dealkylation sites (tertiary alicyclic amines) is 1. The van der Waals surface area contributed by atoms with Gasteiger partial charge in [0.15, 0.2) is 0 Å². The minimum Gasteiger partial charge on any atom is -0.387 e. The van der Waals surface area contributed by atoms with E-state index in [-0.39, 0.29) is 6.10 Å². The van der Waals surface area contributed by atoms with Crippen molar-refractivity contribution in [2.45, 2.75) is 25.0 Å². The van der Waals surface area contributed by atoms with Crippen LogP contribution in [-0.4, -0.2) is 36.0 Å². The number of aliphatic hydroxyl groups is 2. The van der Waals surface area contributed by atoms with Gasteiger partial charge in [-0.2, -0.15) is 0 Å². The summed E-state index contributed by atoms with van der Waals surface area (Å²) in [5.74, 6) is 0. The van der Waals surface area contributed by atoms with E-state index in [1.54, 1.807) is 0 Å². The fourth-order valence-electron chi connectivity index (χ4n) is 2.38. The van der Waals surface area contributed by atoms with Gasteiger partial charge in [-0.1, -0.05) is 30.3 Å². The molecule has 2 rings (SSSR count). The van der Waals surface area contributed by atoms with Crippen molar-refractivity contribution in [2.24, 2.45) is 0 Å². The first-order chi connectivity index (χ1) is 7.75. The minimum atomic E-state index is -0.415. The summed E-state index contributed by atoms with van der Waals surface area (Å²) in [7, 11) is 0. The Bertz CT molecular complexity index is 315. The maximum absolute atomic E-state index is 10.1. The molecule has 1 aromatic rings. The monoisotopic (exact) mass is 222 g/mol. The van der Waals surface area contributed by atoms with Gasteiger partial charge in [0.2, 0.25) is 0 Å². The molecule has 1 saturated heterocycles. The number of quaternary nitrogens is 1. The van der Waals surface area contributed by atoms with Crippen LogP contribution in [0.2, 0.25) is 0 Å². The lowest BCUT2D eigenvalue weighted by atomic mass is 10.1. The molecular weight excluding hydrogens is 202 g/mol. The van der Waals surface area contributed by atoms with Crippen LogP contribution in [0.3, 0.4) is 0 Å². The molecule has 3 N–H and O–H groups in total. The Labute approximate surface area is 96.3 Å². The number of nitrogens with one attached hydrogen (secondary N) is 1. The third-order valence-electron chi connectivity index (χ3n) is 3.26. The summed E-state index contributed by atoms with van der Waals surface area (Å²) < 4.78 is 0. The number of aliphatic hydroxyl groups excluding tert-OH is 2. The zero-order chi connectivity index (χ0) is 11.4. The molecule has 1 aliphatic heterocycles. The number of hydrogen-bond acceptors (Lipinski definition) is 2. The second-order valence-corrected chi connectivity index (χ2v) is 4.63. The van der Waals surface area contributed by atoms with Crippen molar-refractivity contribution in [1.82, 2.24) is 0 Å². The van der Waals surface area contributed by atoms with Crippen LogP contribution >= 0.6 is 0 Å². The highest BCUT2D eigenvalue weighted by atomic mass is 16.3. The summed E-state index contributed by atoms with van der Waals surface area (Å²) in [6.07, 6.45) is 1.36. The quantitative estimate of drug-likeness (QED) is 0.661. The molecular formula is C13H20NO2+. The summed E-state index contributed by atoms with van der Waals surface area (Å²) in [6, 6.07) is 9.74. The van der Waals surface area contributed by atoms with Crippen LogP contribution in [0.15, 0.2) is 30.3 Å². The summed E-state index contributed by atoms with van der Waals surface area (Å²) in [5.41, 5.74) is 0.968. The highest BCUT2D eigenvalue weighted by molar-refractivity contribution is 5.17. The van der Waals surface area contributed by atoms with E-state index >= 15 is 0 Å². The Balaban J connectivity index is 1.89. The fraction of sp³-hybridized carbons (Fsp3) is 0.538. The minimum absolute atomic E-state index is 0.188. The highest BCUT2D eigenvalue weighted by Crippen LogP contribution is 2.10. The van der Waals surface area contributed by atoms with Crippen LogP contribution in [0.25, 0.3) is 0 Å². The number of piperidine rings is 1. The first-order valence-electron chi connectivity index (χ1n) is 6.00. The van der Waals surface area contributed by atoms with Gasteiger partial charge < -0.3 is 15.1 Å². The molecule has 16 heavy (non-hydrogen) atoms. The van der Waals surface area contributed by atoms with Gasteiger partial charge in [0.05, 0.1) is 6.54 Å². The average molecular weight is 222 g/mol. The third-order valence-corrected chi connectivity index (χ3v) is 3.26. The van der Waals surface area contributed by atoms with Crippen LogP contribution in [0.4, 0.5) is 0 Å². The molecule has 3 nitrogen and oxygen atoms in total. The van der Waals surface area contributed by atoms with Crippen LogP contribution in [0, 0.1) is 0 Å². The molecule has 0 radical (unpaired) electrons. The van der Waals surface area contributed by atoms with Gasteiger partial charge in [0.25, 0.3) is 0 Å². The number of hydrogen-bond donors (Lipinski definition) is 3. The van der Waals surface area contributed by atoms with E-state index in [0.29, 0.717) is 6.54 Å². The van der Waals surface area contributed by atoms with Crippen LogP contribution in [0.5, 0.6) is 0 Å². The fourth-order valence-corrected chi connectivity index (χ4v) is 2.38. The average Bonchev–Trinajstić information content (AvgIpc) is 2.30. The molecule has 1 aromatic carbocycles. The Morgan fingerprint density at radius 1 is 1.31 bits per heavy atom. The second-order valence-electron chi connectivity index (χ2n) is 4.63. The van der Waals surface area contributed by atoms with Gasteiger partial charge in [-0.15, -0.1) is 0 Å². The summed E-state index contributed by atoms with van der Waals surface area (Å²) in [4.78, 5) is 1.30. The van der Waals surface area contributed by atoms with Gasteiger partial charge in [-0.25, -0.2) is 0 Å². The number of rotatable bonds is 3. The maximum Gasteiger partial charge on any atom is 0.128 e. The molecule has 0 aromatic heterocycles. The molecule has 0 spiro atoms. The Morgan fingerprint density at radius 2 is 2.06 bits per heavy atom. The molecule has 3 atom stereocenters. The van der Waals surface area contributed by atoms with Crippen molar-refractivity contribution >= 4 is 0 Å². The summed E-state index contributed by atoms with van der Waals surface area (Å²) >= 11 is 0. The molecule has 0 saturated carbocycles. The highest BCUT2D eigenvalue weighted by Gasteiger charge is 2.23. The van der Waals surface area contributed by atoms with E-state index < -0.39 is 6.10 Å². The van der Waals surface area contributed by atoms with Crippen LogP contribution in [-0.2, 0) is 0 Å².